The highest BCUT2D eigenvalue weighted by Crippen LogP contribution is 2.39. The van der Waals surface area contributed by atoms with Gasteiger partial charge < -0.3 is 9.47 Å². The van der Waals surface area contributed by atoms with Gasteiger partial charge in [-0.15, -0.1) is 0 Å². The molecule has 2 nitrogen and oxygen atoms in total. The average Bonchev–Trinajstić information content (AvgIpc) is 2.52. The van der Waals surface area contributed by atoms with Gasteiger partial charge in [0.15, 0.2) is 11.5 Å². The molecule has 1 aromatic carbocycles. The monoisotopic (exact) mass is 184 g/mol. The van der Waals surface area contributed by atoms with E-state index in [1.165, 1.54) is 5.56 Å². The van der Waals surface area contributed by atoms with Crippen LogP contribution in [0.3, 0.4) is 0 Å². The van der Waals surface area contributed by atoms with E-state index in [2.05, 4.69) is 6.92 Å². The van der Waals surface area contributed by atoms with E-state index in [0.717, 1.165) is 12.2 Å². The van der Waals surface area contributed by atoms with Crippen LogP contribution < -0.4 is 9.47 Å². The molecule has 0 aromatic heterocycles. The maximum absolute atomic E-state index is 5.95. The molecule has 1 aliphatic heterocycles. The molecule has 0 aliphatic carbocycles. The lowest BCUT2D eigenvalue weighted by Gasteiger charge is -2.01. The van der Waals surface area contributed by atoms with Crippen LogP contribution >= 0.6 is 11.6 Å². The van der Waals surface area contributed by atoms with Gasteiger partial charge in [0, 0.05) is 0 Å². The molecule has 0 spiro atoms. The van der Waals surface area contributed by atoms with Crippen molar-refractivity contribution in [3.05, 3.63) is 22.7 Å². The molecule has 1 heterocycles. The molecule has 0 amide bonds. The Labute approximate surface area is 76.1 Å². The second-order valence-corrected chi connectivity index (χ2v) is 3.07. The van der Waals surface area contributed by atoms with E-state index in [9.17, 15) is 0 Å². The summed E-state index contributed by atoms with van der Waals surface area (Å²) in [7, 11) is 0. The Kier molecular flexibility index (Phi) is 1.85. The topological polar surface area (TPSA) is 18.5 Å². The number of aryl methyl sites for hydroxylation is 1. The molecule has 12 heavy (non-hydrogen) atoms. The third-order valence-electron chi connectivity index (χ3n) is 1.90. The van der Waals surface area contributed by atoms with Gasteiger partial charge in [-0.25, -0.2) is 0 Å². The van der Waals surface area contributed by atoms with Crippen molar-refractivity contribution in [2.24, 2.45) is 0 Å². The van der Waals surface area contributed by atoms with Crippen molar-refractivity contribution in [2.75, 3.05) is 6.79 Å². The van der Waals surface area contributed by atoms with Crippen LogP contribution in [0.4, 0.5) is 0 Å². The summed E-state index contributed by atoms with van der Waals surface area (Å²) in [6.07, 6.45) is 0.955. The number of benzene rings is 1. The molecule has 0 N–H and O–H groups in total. The normalized spacial score (nSPS) is 13.5. The number of fused-ring (bicyclic) bond motifs is 1. The van der Waals surface area contributed by atoms with Crippen molar-refractivity contribution in [3.8, 4) is 11.5 Å². The highest BCUT2D eigenvalue weighted by Gasteiger charge is 2.17. The van der Waals surface area contributed by atoms with Crippen LogP contribution in [-0.2, 0) is 6.42 Å². The summed E-state index contributed by atoms with van der Waals surface area (Å²) in [4.78, 5) is 0. The van der Waals surface area contributed by atoms with Crippen molar-refractivity contribution < 1.29 is 9.47 Å². The molecule has 0 saturated carbocycles. The molecular weight excluding hydrogens is 176 g/mol. The second-order valence-electron chi connectivity index (χ2n) is 2.66. The van der Waals surface area contributed by atoms with E-state index in [1.807, 2.05) is 12.1 Å². The molecule has 0 saturated heterocycles. The van der Waals surface area contributed by atoms with Crippen molar-refractivity contribution in [1.82, 2.24) is 0 Å². The van der Waals surface area contributed by atoms with E-state index >= 15 is 0 Å². The Bertz CT molecular complexity index is 310. The lowest BCUT2D eigenvalue weighted by molar-refractivity contribution is 0.174. The maximum atomic E-state index is 5.95. The molecule has 0 fully saturated rings. The fourth-order valence-corrected chi connectivity index (χ4v) is 1.51. The van der Waals surface area contributed by atoms with Gasteiger partial charge in [-0.1, -0.05) is 18.5 Å². The van der Waals surface area contributed by atoms with E-state index < -0.39 is 0 Å². The van der Waals surface area contributed by atoms with Gasteiger partial charge in [0.25, 0.3) is 0 Å². The number of halogens is 1. The predicted octanol–water partition coefficient (Wildman–Crippen LogP) is 2.63. The first-order valence-electron chi connectivity index (χ1n) is 3.89. The lowest BCUT2D eigenvalue weighted by Crippen LogP contribution is -1.93. The fourth-order valence-electron chi connectivity index (χ4n) is 1.22. The number of hydrogen-bond acceptors (Lipinski definition) is 2. The fraction of sp³-hybridized carbons (Fsp3) is 0.333. The molecule has 0 unspecified atom stereocenters. The molecular formula is C9H9ClO2. The van der Waals surface area contributed by atoms with Crippen molar-refractivity contribution in [2.45, 2.75) is 13.3 Å². The summed E-state index contributed by atoms with van der Waals surface area (Å²) in [5, 5.41) is 0.641. The van der Waals surface area contributed by atoms with E-state index in [0.29, 0.717) is 10.8 Å². The van der Waals surface area contributed by atoms with Gasteiger partial charge in [0.05, 0.1) is 5.02 Å². The average molecular weight is 185 g/mol. The third-order valence-corrected chi connectivity index (χ3v) is 2.18. The van der Waals surface area contributed by atoms with Gasteiger partial charge in [-0.3, -0.25) is 0 Å². The van der Waals surface area contributed by atoms with Crippen LogP contribution in [0.15, 0.2) is 12.1 Å². The summed E-state index contributed by atoms with van der Waals surface area (Å²) in [6.45, 7) is 2.36. The summed E-state index contributed by atoms with van der Waals surface area (Å²) in [5.41, 5.74) is 1.17. The van der Waals surface area contributed by atoms with E-state index in [1.54, 1.807) is 0 Å². The highest BCUT2D eigenvalue weighted by atomic mass is 35.5. The van der Waals surface area contributed by atoms with Crippen LogP contribution in [-0.4, -0.2) is 6.79 Å². The van der Waals surface area contributed by atoms with Crippen LogP contribution in [0.25, 0.3) is 0 Å². The number of ether oxygens (including phenoxy) is 2. The van der Waals surface area contributed by atoms with Crippen molar-refractivity contribution in [3.63, 3.8) is 0 Å². The lowest BCUT2D eigenvalue weighted by atomic mass is 10.1. The zero-order valence-electron chi connectivity index (χ0n) is 6.76. The Morgan fingerprint density at radius 1 is 1.42 bits per heavy atom. The molecule has 3 heteroatoms. The van der Waals surface area contributed by atoms with Gasteiger partial charge in [0.2, 0.25) is 6.79 Å². The summed E-state index contributed by atoms with van der Waals surface area (Å²) >= 11 is 5.95. The Morgan fingerprint density at radius 3 is 3.00 bits per heavy atom. The Balaban J connectivity index is 2.51. The first-order chi connectivity index (χ1) is 5.81. The van der Waals surface area contributed by atoms with Crippen LogP contribution in [0, 0.1) is 0 Å². The van der Waals surface area contributed by atoms with Crippen LogP contribution in [0.2, 0.25) is 5.02 Å². The molecule has 1 aliphatic rings. The van der Waals surface area contributed by atoms with Gasteiger partial charge in [0.1, 0.15) is 0 Å². The van der Waals surface area contributed by atoms with Crippen molar-refractivity contribution >= 4 is 11.6 Å². The van der Waals surface area contributed by atoms with Crippen LogP contribution in [0.5, 0.6) is 11.5 Å². The Hall–Kier alpha value is -0.890. The van der Waals surface area contributed by atoms with Gasteiger partial charge in [-0.05, 0) is 24.1 Å². The smallest absolute Gasteiger partial charge is 0.231 e. The molecule has 0 radical (unpaired) electrons. The summed E-state index contributed by atoms with van der Waals surface area (Å²) in [5.74, 6) is 1.44. The molecule has 0 bridgehead atoms. The maximum Gasteiger partial charge on any atom is 0.231 e. The number of rotatable bonds is 1. The summed E-state index contributed by atoms with van der Waals surface area (Å²) in [6, 6.07) is 3.88. The zero-order valence-corrected chi connectivity index (χ0v) is 7.52. The SMILES string of the molecule is CCc1cc(Cl)c2c(c1)OCO2. The summed E-state index contributed by atoms with van der Waals surface area (Å²) < 4.78 is 10.4. The first kappa shape index (κ1) is 7.74. The minimum atomic E-state index is 0.280. The van der Waals surface area contributed by atoms with Gasteiger partial charge in [-0.2, -0.15) is 0 Å². The quantitative estimate of drug-likeness (QED) is 0.668. The third kappa shape index (κ3) is 1.12. The largest absolute Gasteiger partial charge is 0.454 e. The predicted molar refractivity (Wildman–Crippen MR) is 47.0 cm³/mol. The molecule has 1 aromatic rings. The second kappa shape index (κ2) is 2.87. The number of hydrogen-bond donors (Lipinski definition) is 0. The minimum Gasteiger partial charge on any atom is -0.454 e. The van der Waals surface area contributed by atoms with Crippen LogP contribution in [0.1, 0.15) is 12.5 Å². The molecule has 64 valence electrons. The van der Waals surface area contributed by atoms with Crippen molar-refractivity contribution in [1.29, 1.82) is 0 Å². The standard InChI is InChI=1S/C9H9ClO2/c1-2-6-3-7(10)9-8(4-6)11-5-12-9/h3-4H,2,5H2,1H3. The Morgan fingerprint density at radius 2 is 2.25 bits per heavy atom. The molecule has 2 rings (SSSR count). The minimum absolute atomic E-state index is 0.280. The molecule has 0 atom stereocenters. The van der Waals surface area contributed by atoms with E-state index in [-0.39, 0.29) is 6.79 Å². The zero-order chi connectivity index (χ0) is 8.55. The highest BCUT2D eigenvalue weighted by molar-refractivity contribution is 6.32. The van der Waals surface area contributed by atoms with E-state index in [4.69, 9.17) is 21.1 Å². The van der Waals surface area contributed by atoms with Gasteiger partial charge >= 0.3 is 0 Å². The first-order valence-corrected chi connectivity index (χ1v) is 4.27.